The number of rotatable bonds is 8. The van der Waals surface area contributed by atoms with Crippen LogP contribution in [0.4, 0.5) is 14.5 Å². The number of nitrogens with one attached hydrogen (secondary N) is 1. The number of hydrogen-bond donors (Lipinski definition) is 1. The molecule has 0 bridgehead atoms. The molecule has 2 aliphatic heterocycles. The quantitative estimate of drug-likeness (QED) is 0.668. The van der Waals surface area contributed by atoms with E-state index in [1.54, 1.807) is 23.1 Å². The highest BCUT2D eigenvalue weighted by Gasteiger charge is 2.36. The van der Waals surface area contributed by atoms with Gasteiger partial charge in [-0.1, -0.05) is 42.5 Å². The number of nitrogens with zero attached hydrogens (tertiary/aromatic N) is 1. The molecule has 2 unspecified atom stereocenters. The molecule has 2 aromatic rings. The van der Waals surface area contributed by atoms with Crippen LogP contribution in [0, 0.1) is 5.92 Å². The molecule has 2 aliphatic rings. The Hall–Kier alpha value is -2.51. The zero-order chi connectivity index (χ0) is 21.6. The molecule has 0 aromatic heterocycles. The van der Waals surface area contributed by atoms with Crippen LogP contribution in [-0.2, 0) is 9.53 Å². The van der Waals surface area contributed by atoms with E-state index in [2.05, 4.69) is 22.2 Å². The molecule has 166 valence electrons. The van der Waals surface area contributed by atoms with Crippen molar-refractivity contribution in [2.24, 2.45) is 5.92 Å². The third-order valence-corrected chi connectivity index (χ3v) is 6.09. The molecular weight excluding hydrogens is 402 g/mol. The van der Waals surface area contributed by atoms with Crippen molar-refractivity contribution in [3.05, 3.63) is 60.2 Å². The van der Waals surface area contributed by atoms with Crippen molar-refractivity contribution in [1.82, 2.24) is 5.32 Å². The molecule has 4 rings (SSSR count). The fraction of sp³-hybridized carbons (Fsp3) is 0.458. The SMILES string of the molecule is O=C1C(NC(CC2CCOCC2)c2ccccc2)CCN1c1ccccc1OC(F)F. The third kappa shape index (κ3) is 5.40. The molecule has 1 amide bonds. The molecule has 0 aliphatic carbocycles. The number of carbonyl (C=O) groups is 1. The molecule has 2 heterocycles. The number of halogens is 2. The average molecular weight is 430 g/mol. The van der Waals surface area contributed by atoms with Gasteiger partial charge in [-0.15, -0.1) is 0 Å². The Morgan fingerprint density at radius 2 is 1.74 bits per heavy atom. The zero-order valence-electron chi connectivity index (χ0n) is 17.4. The maximum Gasteiger partial charge on any atom is 0.387 e. The van der Waals surface area contributed by atoms with Crippen molar-refractivity contribution in [2.75, 3.05) is 24.7 Å². The summed E-state index contributed by atoms with van der Waals surface area (Å²) in [5, 5.41) is 3.57. The Bertz CT molecular complexity index is 859. The summed E-state index contributed by atoms with van der Waals surface area (Å²) in [6, 6.07) is 16.3. The molecule has 2 aromatic carbocycles. The van der Waals surface area contributed by atoms with Crippen molar-refractivity contribution in [1.29, 1.82) is 0 Å². The van der Waals surface area contributed by atoms with Gasteiger partial charge in [0.05, 0.1) is 11.7 Å². The molecule has 2 fully saturated rings. The summed E-state index contributed by atoms with van der Waals surface area (Å²) >= 11 is 0. The predicted molar refractivity (Wildman–Crippen MR) is 114 cm³/mol. The number of carbonyl (C=O) groups excluding carboxylic acids is 1. The molecular formula is C24H28F2N2O3. The van der Waals surface area contributed by atoms with Crippen molar-refractivity contribution in [2.45, 2.75) is 44.4 Å². The maximum atomic E-state index is 13.2. The second kappa shape index (κ2) is 10.2. The number of para-hydroxylation sites is 2. The highest BCUT2D eigenvalue weighted by Crippen LogP contribution is 2.34. The molecule has 7 heteroatoms. The van der Waals surface area contributed by atoms with Crippen LogP contribution in [0.3, 0.4) is 0 Å². The van der Waals surface area contributed by atoms with Crippen LogP contribution in [0.15, 0.2) is 54.6 Å². The summed E-state index contributed by atoms with van der Waals surface area (Å²) in [4.78, 5) is 14.8. The molecule has 0 saturated carbocycles. The van der Waals surface area contributed by atoms with E-state index in [0.717, 1.165) is 38.0 Å². The van der Waals surface area contributed by atoms with E-state index in [9.17, 15) is 13.6 Å². The zero-order valence-corrected chi connectivity index (χ0v) is 17.4. The highest BCUT2D eigenvalue weighted by atomic mass is 19.3. The van der Waals surface area contributed by atoms with Gasteiger partial charge in [0.2, 0.25) is 5.91 Å². The number of anilines is 1. The first-order chi connectivity index (χ1) is 15.1. The number of alkyl halides is 2. The van der Waals surface area contributed by atoms with Crippen molar-refractivity contribution < 1.29 is 23.0 Å². The normalized spacial score (nSPS) is 20.9. The fourth-order valence-electron chi connectivity index (χ4n) is 4.49. The molecule has 0 radical (unpaired) electrons. The number of benzene rings is 2. The Labute approximate surface area is 181 Å². The van der Waals surface area contributed by atoms with E-state index >= 15 is 0 Å². The van der Waals surface area contributed by atoms with Gasteiger partial charge in [0.25, 0.3) is 0 Å². The van der Waals surface area contributed by atoms with Crippen molar-refractivity contribution in [3.8, 4) is 5.75 Å². The third-order valence-electron chi connectivity index (χ3n) is 6.09. The van der Waals surface area contributed by atoms with E-state index in [-0.39, 0.29) is 23.7 Å². The minimum absolute atomic E-state index is 0.0216. The Morgan fingerprint density at radius 1 is 1.03 bits per heavy atom. The summed E-state index contributed by atoms with van der Waals surface area (Å²) < 4.78 is 35.7. The van der Waals surface area contributed by atoms with Gasteiger partial charge in [0, 0.05) is 25.8 Å². The van der Waals surface area contributed by atoms with E-state index in [1.165, 1.54) is 6.07 Å². The van der Waals surface area contributed by atoms with Crippen LogP contribution in [0.25, 0.3) is 0 Å². The molecule has 2 atom stereocenters. The Balaban J connectivity index is 1.49. The van der Waals surface area contributed by atoms with Crippen LogP contribution in [0.5, 0.6) is 5.75 Å². The van der Waals surface area contributed by atoms with Gasteiger partial charge in [-0.25, -0.2) is 0 Å². The lowest BCUT2D eigenvalue weighted by molar-refractivity contribution is -0.119. The second-order valence-corrected chi connectivity index (χ2v) is 8.10. The van der Waals surface area contributed by atoms with Gasteiger partial charge in [0.1, 0.15) is 5.75 Å². The number of hydrogen-bond acceptors (Lipinski definition) is 4. The topological polar surface area (TPSA) is 50.8 Å². The second-order valence-electron chi connectivity index (χ2n) is 8.10. The lowest BCUT2D eigenvalue weighted by Gasteiger charge is -2.29. The van der Waals surface area contributed by atoms with Gasteiger partial charge in [-0.05, 0) is 49.3 Å². The number of ether oxygens (including phenoxy) is 2. The van der Waals surface area contributed by atoms with Crippen LogP contribution >= 0.6 is 0 Å². The summed E-state index contributed by atoms with van der Waals surface area (Å²) in [6.07, 6.45) is 3.59. The fourth-order valence-corrected chi connectivity index (χ4v) is 4.49. The predicted octanol–water partition coefficient (Wildman–Crippen LogP) is 4.54. The lowest BCUT2D eigenvalue weighted by atomic mass is 9.89. The smallest absolute Gasteiger partial charge is 0.387 e. The standard InChI is InChI=1S/C24H28F2N2O3/c25-24(26)31-22-9-5-4-8-21(22)28-13-10-19(23(28)29)27-20(18-6-2-1-3-7-18)16-17-11-14-30-15-12-17/h1-9,17,19-20,24,27H,10-16H2. The van der Waals surface area contributed by atoms with Crippen molar-refractivity contribution in [3.63, 3.8) is 0 Å². The lowest BCUT2D eigenvalue weighted by Crippen LogP contribution is -2.41. The minimum Gasteiger partial charge on any atom is -0.433 e. The summed E-state index contributed by atoms with van der Waals surface area (Å²) in [6.45, 7) is -0.916. The number of amides is 1. The molecule has 31 heavy (non-hydrogen) atoms. The largest absolute Gasteiger partial charge is 0.433 e. The molecule has 1 N–H and O–H groups in total. The first-order valence-corrected chi connectivity index (χ1v) is 10.9. The molecule has 5 nitrogen and oxygen atoms in total. The molecule has 0 spiro atoms. The van der Waals surface area contributed by atoms with E-state index in [1.807, 2.05) is 18.2 Å². The monoisotopic (exact) mass is 430 g/mol. The van der Waals surface area contributed by atoms with Gasteiger partial charge < -0.3 is 14.4 Å². The first kappa shape index (κ1) is 21.7. The van der Waals surface area contributed by atoms with Crippen LogP contribution in [0.1, 0.15) is 37.3 Å². The first-order valence-electron chi connectivity index (χ1n) is 10.9. The average Bonchev–Trinajstić information content (AvgIpc) is 3.14. The summed E-state index contributed by atoms with van der Waals surface area (Å²) in [7, 11) is 0. The van der Waals surface area contributed by atoms with Crippen molar-refractivity contribution >= 4 is 11.6 Å². The highest BCUT2D eigenvalue weighted by molar-refractivity contribution is 6.00. The van der Waals surface area contributed by atoms with E-state index in [4.69, 9.17) is 4.74 Å². The van der Waals surface area contributed by atoms with E-state index < -0.39 is 6.61 Å². The Kier molecular flexibility index (Phi) is 7.14. The van der Waals surface area contributed by atoms with Gasteiger partial charge >= 0.3 is 6.61 Å². The minimum atomic E-state index is -2.94. The van der Waals surface area contributed by atoms with Gasteiger partial charge in [0.15, 0.2) is 0 Å². The summed E-state index contributed by atoms with van der Waals surface area (Å²) in [5.74, 6) is 0.450. The maximum absolute atomic E-state index is 13.2. The van der Waals surface area contributed by atoms with Crippen LogP contribution < -0.4 is 15.0 Å². The van der Waals surface area contributed by atoms with Crippen LogP contribution in [-0.4, -0.2) is 38.3 Å². The van der Waals surface area contributed by atoms with E-state index in [0.29, 0.717) is 24.6 Å². The van der Waals surface area contributed by atoms with Gasteiger partial charge in [-0.3, -0.25) is 10.1 Å². The Morgan fingerprint density at radius 3 is 2.48 bits per heavy atom. The molecule has 2 saturated heterocycles. The van der Waals surface area contributed by atoms with Crippen LogP contribution in [0.2, 0.25) is 0 Å². The van der Waals surface area contributed by atoms with Gasteiger partial charge in [-0.2, -0.15) is 8.78 Å². The summed E-state index contributed by atoms with van der Waals surface area (Å²) in [5.41, 5.74) is 1.54.